The number of hydrogen-bond acceptors (Lipinski definition) is 1. The Bertz CT molecular complexity index is 552. The maximum Gasteiger partial charge on any atom is 0.193 e. The molecule has 2 rings (SSSR count). The van der Waals surface area contributed by atoms with Gasteiger partial charge in [0.2, 0.25) is 0 Å². The van der Waals surface area contributed by atoms with Crippen LogP contribution in [-0.4, -0.2) is 12.5 Å². The number of anilines is 1. The molecule has 0 unspecified atom stereocenters. The van der Waals surface area contributed by atoms with E-state index in [2.05, 4.69) is 10.3 Å². The SMILES string of the molecule is NC(=NCCc1ccccc1F)Nc1ccccc1. The fourth-order valence-corrected chi connectivity index (χ4v) is 1.71. The zero-order valence-electron chi connectivity index (χ0n) is 10.5. The zero-order chi connectivity index (χ0) is 13.5. The second-order valence-corrected chi connectivity index (χ2v) is 4.10. The largest absolute Gasteiger partial charge is 0.370 e. The Morgan fingerprint density at radius 1 is 1.05 bits per heavy atom. The molecule has 98 valence electrons. The Balaban J connectivity index is 1.87. The fraction of sp³-hybridized carbons (Fsp3) is 0.133. The highest BCUT2D eigenvalue weighted by Gasteiger charge is 1.99. The van der Waals surface area contributed by atoms with Crippen molar-refractivity contribution >= 4 is 11.6 Å². The fourth-order valence-electron chi connectivity index (χ4n) is 1.71. The van der Waals surface area contributed by atoms with Crippen molar-refractivity contribution < 1.29 is 4.39 Å². The highest BCUT2D eigenvalue weighted by Crippen LogP contribution is 2.07. The Hall–Kier alpha value is -2.36. The van der Waals surface area contributed by atoms with Crippen molar-refractivity contribution in [1.82, 2.24) is 0 Å². The van der Waals surface area contributed by atoms with Gasteiger partial charge in [-0.2, -0.15) is 0 Å². The van der Waals surface area contributed by atoms with Crippen LogP contribution >= 0.6 is 0 Å². The molecule has 0 spiro atoms. The first-order valence-electron chi connectivity index (χ1n) is 6.11. The van der Waals surface area contributed by atoms with E-state index in [0.29, 0.717) is 24.5 Å². The molecule has 0 saturated carbocycles. The number of aliphatic imine (C=N–C) groups is 1. The first kappa shape index (κ1) is 13.1. The number of nitrogens with one attached hydrogen (secondary N) is 1. The second-order valence-electron chi connectivity index (χ2n) is 4.10. The molecule has 0 aliphatic carbocycles. The predicted molar refractivity (Wildman–Crippen MR) is 76.7 cm³/mol. The van der Waals surface area contributed by atoms with Crippen molar-refractivity contribution in [2.75, 3.05) is 11.9 Å². The highest BCUT2D eigenvalue weighted by molar-refractivity contribution is 5.92. The molecule has 0 bridgehead atoms. The van der Waals surface area contributed by atoms with Crippen molar-refractivity contribution in [3.8, 4) is 0 Å². The third-order valence-corrected chi connectivity index (χ3v) is 2.67. The third-order valence-electron chi connectivity index (χ3n) is 2.67. The van der Waals surface area contributed by atoms with Crippen LogP contribution in [0.5, 0.6) is 0 Å². The van der Waals surface area contributed by atoms with E-state index in [1.54, 1.807) is 12.1 Å². The van der Waals surface area contributed by atoms with Gasteiger partial charge in [0.05, 0.1) is 0 Å². The summed E-state index contributed by atoms with van der Waals surface area (Å²) in [7, 11) is 0. The second kappa shape index (κ2) is 6.54. The van der Waals surface area contributed by atoms with Gasteiger partial charge in [-0.15, -0.1) is 0 Å². The molecule has 0 aromatic heterocycles. The zero-order valence-corrected chi connectivity index (χ0v) is 10.5. The lowest BCUT2D eigenvalue weighted by molar-refractivity contribution is 0.609. The van der Waals surface area contributed by atoms with Crippen molar-refractivity contribution in [1.29, 1.82) is 0 Å². The highest BCUT2D eigenvalue weighted by atomic mass is 19.1. The lowest BCUT2D eigenvalue weighted by Gasteiger charge is -2.05. The van der Waals surface area contributed by atoms with Crippen LogP contribution in [0.15, 0.2) is 59.6 Å². The maximum atomic E-state index is 13.4. The topological polar surface area (TPSA) is 50.4 Å². The first-order chi connectivity index (χ1) is 9.25. The van der Waals surface area contributed by atoms with Crippen LogP contribution < -0.4 is 11.1 Å². The van der Waals surface area contributed by atoms with E-state index in [0.717, 1.165) is 5.69 Å². The van der Waals surface area contributed by atoms with E-state index in [1.165, 1.54) is 6.07 Å². The molecule has 4 heteroatoms. The smallest absolute Gasteiger partial charge is 0.193 e. The molecule has 0 heterocycles. The van der Waals surface area contributed by atoms with Gasteiger partial charge < -0.3 is 11.1 Å². The minimum Gasteiger partial charge on any atom is -0.370 e. The van der Waals surface area contributed by atoms with Crippen LogP contribution in [0.4, 0.5) is 10.1 Å². The van der Waals surface area contributed by atoms with Crippen LogP contribution in [-0.2, 0) is 6.42 Å². The number of nitrogens with zero attached hydrogens (tertiary/aromatic N) is 1. The number of halogens is 1. The molecule has 3 nitrogen and oxygen atoms in total. The molecule has 0 radical (unpaired) electrons. The van der Waals surface area contributed by atoms with Gasteiger partial charge in [0.15, 0.2) is 5.96 Å². The lowest BCUT2D eigenvalue weighted by atomic mass is 10.1. The lowest BCUT2D eigenvalue weighted by Crippen LogP contribution is -2.23. The van der Waals surface area contributed by atoms with E-state index in [1.807, 2.05) is 36.4 Å². The number of rotatable bonds is 4. The summed E-state index contributed by atoms with van der Waals surface area (Å²) in [5, 5.41) is 2.98. The van der Waals surface area contributed by atoms with Crippen molar-refractivity contribution in [3.63, 3.8) is 0 Å². The molecule has 2 aromatic rings. The summed E-state index contributed by atoms with van der Waals surface area (Å²) in [4.78, 5) is 4.17. The van der Waals surface area contributed by atoms with Gasteiger partial charge in [-0.3, -0.25) is 4.99 Å². The number of benzene rings is 2. The van der Waals surface area contributed by atoms with Crippen LogP contribution in [0, 0.1) is 5.82 Å². The summed E-state index contributed by atoms with van der Waals surface area (Å²) in [6.07, 6.45) is 0.532. The standard InChI is InChI=1S/C15H16FN3/c16-14-9-5-4-6-12(14)10-11-18-15(17)19-13-7-2-1-3-8-13/h1-9H,10-11H2,(H3,17,18,19). The molecule has 0 saturated heterocycles. The summed E-state index contributed by atoms with van der Waals surface area (Å²) in [6.45, 7) is 0.451. The van der Waals surface area contributed by atoms with E-state index in [-0.39, 0.29) is 5.82 Å². The Morgan fingerprint density at radius 3 is 2.47 bits per heavy atom. The van der Waals surface area contributed by atoms with E-state index < -0.39 is 0 Å². The van der Waals surface area contributed by atoms with E-state index >= 15 is 0 Å². The number of para-hydroxylation sites is 1. The monoisotopic (exact) mass is 257 g/mol. The summed E-state index contributed by atoms with van der Waals surface area (Å²) in [6, 6.07) is 16.2. The average molecular weight is 257 g/mol. The first-order valence-corrected chi connectivity index (χ1v) is 6.11. The minimum absolute atomic E-state index is 0.202. The molecule has 0 aliphatic heterocycles. The molecular weight excluding hydrogens is 241 g/mol. The molecular formula is C15H16FN3. The van der Waals surface area contributed by atoms with Crippen molar-refractivity contribution in [3.05, 3.63) is 66.0 Å². The maximum absolute atomic E-state index is 13.4. The van der Waals surface area contributed by atoms with Gasteiger partial charge in [-0.25, -0.2) is 4.39 Å². The van der Waals surface area contributed by atoms with Crippen molar-refractivity contribution in [2.45, 2.75) is 6.42 Å². The molecule has 19 heavy (non-hydrogen) atoms. The normalized spacial score (nSPS) is 11.3. The van der Waals surface area contributed by atoms with Crippen LogP contribution in [0.25, 0.3) is 0 Å². The van der Waals surface area contributed by atoms with Gasteiger partial charge in [-0.1, -0.05) is 36.4 Å². The average Bonchev–Trinajstić information content (AvgIpc) is 2.42. The Kier molecular flexibility index (Phi) is 4.50. The van der Waals surface area contributed by atoms with E-state index in [4.69, 9.17) is 5.73 Å². The summed E-state index contributed by atoms with van der Waals surface area (Å²) >= 11 is 0. The molecule has 0 aliphatic rings. The Labute approximate surface area is 112 Å². The molecule has 0 fully saturated rings. The minimum atomic E-state index is -0.202. The molecule has 2 aromatic carbocycles. The van der Waals surface area contributed by atoms with Crippen LogP contribution in [0.1, 0.15) is 5.56 Å². The van der Waals surface area contributed by atoms with Crippen molar-refractivity contribution in [2.24, 2.45) is 10.7 Å². The number of guanidine groups is 1. The summed E-state index contributed by atoms with van der Waals surface area (Å²) in [5.74, 6) is 0.134. The summed E-state index contributed by atoms with van der Waals surface area (Å²) in [5.41, 5.74) is 7.29. The molecule has 0 amide bonds. The summed E-state index contributed by atoms with van der Waals surface area (Å²) < 4.78 is 13.4. The van der Waals surface area contributed by atoms with Gasteiger partial charge in [-0.05, 0) is 30.2 Å². The van der Waals surface area contributed by atoms with Crippen LogP contribution in [0.3, 0.4) is 0 Å². The number of nitrogens with two attached hydrogens (primary N) is 1. The molecule has 0 atom stereocenters. The van der Waals surface area contributed by atoms with E-state index in [9.17, 15) is 4.39 Å². The molecule has 3 N–H and O–H groups in total. The van der Waals surface area contributed by atoms with Gasteiger partial charge in [0.1, 0.15) is 5.82 Å². The quantitative estimate of drug-likeness (QED) is 0.653. The van der Waals surface area contributed by atoms with Gasteiger partial charge >= 0.3 is 0 Å². The Morgan fingerprint density at radius 2 is 1.74 bits per heavy atom. The third kappa shape index (κ3) is 4.10. The van der Waals surface area contributed by atoms with Gasteiger partial charge in [0.25, 0.3) is 0 Å². The number of hydrogen-bond donors (Lipinski definition) is 2. The van der Waals surface area contributed by atoms with Gasteiger partial charge in [0, 0.05) is 12.2 Å². The van der Waals surface area contributed by atoms with Crippen LogP contribution in [0.2, 0.25) is 0 Å². The predicted octanol–water partition coefficient (Wildman–Crippen LogP) is 2.80.